The van der Waals surface area contributed by atoms with Crippen LogP contribution in [0.2, 0.25) is 0 Å². The number of hydrogen-bond acceptors (Lipinski definition) is 5. The predicted molar refractivity (Wildman–Crippen MR) is 98.3 cm³/mol. The van der Waals surface area contributed by atoms with Crippen LogP contribution >= 0.6 is 11.8 Å². The number of benzene rings is 1. The van der Waals surface area contributed by atoms with E-state index in [0.717, 1.165) is 11.4 Å². The van der Waals surface area contributed by atoms with E-state index in [9.17, 15) is 9.59 Å². The maximum Gasteiger partial charge on any atom is 0.231 e. The number of amides is 1. The van der Waals surface area contributed by atoms with Crippen LogP contribution in [0.4, 0.5) is 0 Å². The highest BCUT2D eigenvalue weighted by Crippen LogP contribution is 2.23. The summed E-state index contributed by atoms with van der Waals surface area (Å²) in [6.45, 7) is 5.32. The fourth-order valence-electron chi connectivity index (χ4n) is 2.44. The number of methoxy groups -OCH3 is 1. The first-order valence-corrected chi connectivity index (χ1v) is 9.01. The Morgan fingerprint density at radius 2 is 2.12 bits per heavy atom. The van der Waals surface area contributed by atoms with Gasteiger partial charge in [0.1, 0.15) is 5.75 Å². The smallest absolute Gasteiger partial charge is 0.231 e. The zero-order chi connectivity index (χ0) is 18.4. The zero-order valence-corrected chi connectivity index (χ0v) is 15.7. The highest BCUT2D eigenvalue weighted by Gasteiger charge is 2.20. The normalized spacial score (nSPS) is 12.0. The molecule has 134 valence electrons. The molecule has 1 unspecified atom stereocenters. The van der Waals surface area contributed by atoms with Gasteiger partial charge in [0, 0.05) is 18.5 Å². The Morgan fingerprint density at radius 1 is 1.36 bits per heavy atom. The predicted octanol–water partition coefficient (Wildman–Crippen LogP) is 2.70. The maximum absolute atomic E-state index is 12.2. The Labute approximate surface area is 152 Å². The zero-order valence-electron chi connectivity index (χ0n) is 14.9. The molecule has 2 aromatic rings. The van der Waals surface area contributed by atoms with E-state index in [1.165, 1.54) is 18.7 Å². The average Bonchev–Trinajstić information content (AvgIpc) is 3.06. The standard InChI is InChI=1S/C18H23N3O3S/c1-12(2)17(13(3)22)20-16(23)11-25-18-19-8-9-21(18)14-6-5-7-15(10-14)24-4/h5-10,12,17H,11H2,1-4H3,(H,20,23). The van der Waals surface area contributed by atoms with Gasteiger partial charge in [-0.2, -0.15) is 0 Å². The van der Waals surface area contributed by atoms with Crippen molar-refractivity contribution in [2.24, 2.45) is 5.92 Å². The van der Waals surface area contributed by atoms with Crippen LogP contribution in [0.3, 0.4) is 0 Å². The van der Waals surface area contributed by atoms with E-state index in [1.807, 2.05) is 48.9 Å². The number of nitrogens with one attached hydrogen (secondary N) is 1. The number of imidazole rings is 1. The highest BCUT2D eigenvalue weighted by molar-refractivity contribution is 7.99. The van der Waals surface area contributed by atoms with Crippen LogP contribution in [-0.4, -0.2) is 40.1 Å². The molecule has 7 heteroatoms. The Hall–Kier alpha value is -2.28. The van der Waals surface area contributed by atoms with Gasteiger partial charge < -0.3 is 10.1 Å². The maximum atomic E-state index is 12.2. The van der Waals surface area contributed by atoms with Gasteiger partial charge in [0.05, 0.1) is 24.6 Å². The van der Waals surface area contributed by atoms with Crippen LogP contribution in [0, 0.1) is 5.92 Å². The van der Waals surface area contributed by atoms with Gasteiger partial charge in [-0.15, -0.1) is 0 Å². The molecule has 1 N–H and O–H groups in total. The monoisotopic (exact) mass is 361 g/mol. The lowest BCUT2D eigenvalue weighted by atomic mass is 10.0. The molecule has 0 aliphatic carbocycles. The van der Waals surface area contributed by atoms with Crippen LogP contribution in [0.1, 0.15) is 20.8 Å². The van der Waals surface area contributed by atoms with Crippen LogP contribution in [-0.2, 0) is 9.59 Å². The van der Waals surface area contributed by atoms with Crippen molar-refractivity contribution in [3.8, 4) is 11.4 Å². The minimum absolute atomic E-state index is 0.0359. The molecular formula is C18H23N3O3S. The number of rotatable bonds is 8. The molecule has 0 saturated heterocycles. The van der Waals surface area contributed by atoms with Crippen molar-refractivity contribution < 1.29 is 14.3 Å². The molecule has 0 bridgehead atoms. The molecule has 0 saturated carbocycles. The summed E-state index contributed by atoms with van der Waals surface area (Å²) in [5.74, 6) is 0.786. The molecule has 1 aromatic heterocycles. The molecule has 2 rings (SSSR count). The first kappa shape index (κ1) is 19.1. The summed E-state index contributed by atoms with van der Waals surface area (Å²) in [6, 6.07) is 7.16. The third kappa shape index (κ3) is 5.09. The number of ether oxygens (including phenoxy) is 1. The van der Waals surface area contributed by atoms with Crippen molar-refractivity contribution in [1.82, 2.24) is 14.9 Å². The molecule has 0 aliphatic rings. The number of hydrogen-bond donors (Lipinski definition) is 1. The van der Waals surface area contributed by atoms with Gasteiger partial charge in [-0.3, -0.25) is 14.2 Å². The summed E-state index contributed by atoms with van der Waals surface area (Å²) in [5.41, 5.74) is 0.906. The minimum Gasteiger partial charge on any atom is -0.497 e. The molecule has 6 nitrogen and oxygen atoms in total. The van der Waals surface area contributed by atoms with E-state index < -0.39 is 6.04 Å². The third-order valence-corrected chi connectivity index (χ3v) is 4.66. The number of aromatic nitrogens is 2. The number of nitrogens with zero attached hydrogens (tertiary/aromatic N) is 2. The second kappa shape index (κ2) is 8.71. The molecule has 25 heavy (non-hydrogen) atoms. The molecule has 0 radical (unpaired) electrons. The molecule has 0 spiro atoms. The van der Waals surface area contributed by atoms with Gasteiger partial charge in [0.25, 0.3) is 0 Å². The first-order chi connectivity index (χ1) is 11.9. The lowest BCUT2D eigenvalue weighted by Crippen LogP contribution is -2.44. The van der Waals surface area contributed by atoms with E-state index in [-0.39, 0.29) is 23.4 Å². The van der Waals surface area contributed by atoms with E-state index in [0.29, 0.717) is 5.16 Å². The summed E-state index contributed by atoms with van der Waals surface area (Å²) in [5, 5.41) is 3.49. The van der Waals surface area contributed by atoms with E-state index in [4.69, 9.17) is 4.74 Å². The van der Waals surface area contributed by atoms with Crippen molar-refractivity contribution in [1.29, 1.82) is 0 Å². The largest absolute Gasteiger partial charge is 0.497 e. The summed E-state index contributed by atoms with van der Waals surface area (Å²) < 4.78 is 7.14. The van der Waals surface area contributed by atoms with Crippen molar-refractivity contribution >= 4 is 23.5 Å². The van der Waals surface area contributed by atoms with Gasteiger partial charge in [-0.25, -0.2) is 4.98 Å². The van der Waals surface area contributed by atoms with Crippen molar-refractivity contribution in [2.75, 3.05) is 12.9 Å². The fraction of sp³-hybridized carbons (Fsp3) is 0.389. The van der Waals surface area contributed by atoms with Crippen molar-refractivity contribution in [3.63, 3.8) is 0 Å². The molecule has 1 heterocycles. The van der Waals surface area contributed by atoms with Gasteiger partial charge in [0.15, 0.2) is 10.9 Å². The molecular weight excluding hydrogens is 338 g/mol. The van der Waals surface area contributed by atoms with Crippen molar-refractivity contribution in [2.45, 2.75) is 32.0 Å². The Bertz CT molecular complexity index is 743. The number of carbonyl (C=O) groups is 2. The second-order valence-corrected chi connectivity index (χ2v) is 6.91. The topological polar surface area (TPSA) is 73.2 Å². The summed E-state index contributed by atoms with van der Waals surface area (Å²) in [7, 11) is 1.62. The highest BCUT2D eigenvalue weighted by atomic mass is 32.2. The third-order valence-electron chi connectivity index (χ3n) is 3.69. The molecule has 0 aliphatic heterocycles. The van der Waals surface area contributed by atoms with E-state index in [2.05, 4.69) is 10.3 Å². The first-order valence-electron chi connectivity index (χ1n) is 8.02. The fourth-order valence-corrected chi connectivity index (χ4v) is 3.22. The quantitative estimate of drug-likeness (QED) is 0.732. The lowest BCUT2D eigenvalue weighted by Gasteiger charge is -2.19. The lowest BCUT2D eigenvalue weighted by molar-refractivity contribution is -0.126. The Balaban J connectivity index is 2.04. The number of thioether (sulfide) groups is 1. The summed E-state index contributed by atoms with van der Waals surface area (Å²) in [4.78, 5) is 28.1. The van der Waals surface area contributed by atoms with Crippen LogP contribution in [0.25, 0.3) is 5.69 Å². The van der Waals surface area contributed by atoms with Gasteiger partial charge in [-0.1, -0.05) is 31.7 Å². The molecule has 1 aromatic carbocycles. The number of Topliss-reactive ketones (excluding diaryl/α,β-unsaturated/α-hetero) is 1. The van der Waals surface area contributed by atoms with E-state index in [1.54, 1.807) is 13.3 Å². The van der Waals surface area contributed by atoms with Crippen LogP contribution in [0.5, 0.6) is 5.75 Å². The summed E-state index contributed by atoms with van der Waals surface area (Å²) in [6.07, 6.45) is 3.52. The summed E-state index contributed by atoms with van der Waals surface area (Å²) >= 11 is 1.32. The second-order valence-electron chi connectivity index (χ2n) is 5.97. The minimum atomic E-state index is -0.453. The van der Waals surface area contributed by atoms with Gasteiger partial charge >= 0.3 is 0 Å². The molecule has 0 fully saturated rings. The van der Waals surface area contributed by atoms with Crippen LogP contribution < -0.4 is 10.1 Å². The Kier molecular flexibility index (Phi) is 6.64. The average molecular weight is 361 g/mol. The van der Waals surface area contributed by atoms with E-state index >= 15 is 0 Å². The Morgan fingerprint density at radius 3 is 2.76 bits per heavy atom. The molecule has 1 amide bonds. The SMILES string of the molecule is COc1cccc(-n2ccnc2SCC(=O)NC(C(C)=O)C(C)C)c1. The number of ketones is 1. The van der Waals surface area contributed by atoms with Gasteiger partial charge in [-0.05, 0) is 25.0 Å². The van der Waals surface area contributed by atoms with Crippen molar-refractivity contribution in [3.05, 3.63) is 36.7 Å². The molecule has 1 atom stereocenters. The number of carbonyl (C=O) groups excluding carboxylic acids is 2. The van der Waals surface area contributed by atoms with Crippen LogP contribution in [0.15, 0.2) is 41.8 Å². The van der Waals surface area contributed by atoms with Gasteiger partial charge in [0.2, 0.25) is 5.91 Å².